The first-order valence-corrected chi connectivity index (χ1v) is 7.92. The van der Waals surface area contributed by atoms with Gasteiger partial charge in [-0.1, -0.05) is 18.2 Å². The number of amides is 2. The second-order valence-electron chi connectivity index (χ2n) is 5.75. The van der Waals surface area contributed by atoms with Gasteiger partial charge in [-0.25, -0.2) is 0 Å². The van der Waals surface area contributed by atoms with Crippen molar-refractivity contribution in [2.75, 3.05) is 19.6 Å². The van der Waals surface area contributed by atoms with Crippen LogP contribution in [0.25, 0.3) is 0 Å². The van der Waals surface area contributed by atoms with Crippen LogP contribution in [0.2, 0.25) is 0 Å². The summed E-state index contributed by atoms with van der Waals surface area (Å²) in [6, 6.07) is 7.96. The molecule has 6 nitrogen and oxygen atoms in total. The van der Waals surface area contributed by atoms with E-state index in [1.807, 2.05) is 12.1 Å². The lowest BCUT2D eigenvalue weighted by molar-refractivity contribution is -0.138. The Balaban J connectivity index is 1.61. The lowest BCUT2D eigenvalue weighted by Gasteiger charge is -2.28. The van der Waals surface area contributed by atoms with E-state index >= 15 is 0 Å². The molecule has 2 heterocycles. The van der Waals surface area contributed by atoms with E-state index in [0.29, 0.717) is 24.6 Å². The normalized spacial score (nSPS) is 14.1. The van der Waals surface area contributed by atoms with Gasteiger partial charge in [-0.3, -0.25) is 9.59 Å². The fraction of sp³-hybridized carbons (Fsp3) is 0.294. The van der Waals surface area contributed by atoms with Crippen LogP contribution in [0.3, 0.4) is 0 Å². The number of halogens is 3. The van der Waals surface area contributed by atoms with Crippen molar-refractivity contribution >= 4 is 11.8 Å². The van der Waals surface area contributed by atoms with Crippen molar-refractivity contribution in [3.63, 3.8) is 0 Å². The van der Waals surface area contributed by atoms with Crippen LogP contribution in [0.4, 0.5) is 13.2 Å². The van der Waals surface area contributed by atoms with E-state index in [0.717, 1.165) is 11.8 Å². The Hall–Kier alpha value is -2.97. The van der Waals surface area contributed by atoms with Gasteiger partial charge in [-0.2, -0.15) is 18.3 Å². The molecule has 1 aliphatic heterocycles. The number of fused-ring (bicyclic) bond motifs is 1. The molecule has 2 amide bonds. The molecule has 1 aromatic heterocycles. The molecule has 0 spiro atoms. The molecule has 136 valence electrons. The van der Waals surface area contributed by atoms with Gasteiger partial charge in [0.15, 0.2) is 5.69 Å². The quantitative estimate of drug-likeness (QED) is 0.900. The van der Waals surface area contributed by atoms with Crippen LogP contribution in [0, 0.1) is 0 Å². The van der Waals surface area contributed by atoms with E-state index in [1.54, 1.807) is 17.0 Å². The predicted molar refractivity (Wildman–Crippen MR) is 85.4 cm³/mol. The Morgan fingerprint density at radius 1 is 1.23 bits per heavy atom. The summed E-state index contributed by atoms with van der Waals surface area (Å²) in [6.45, 7) is 0.700. The van der Waals surface area contributed by atoms with Crippen LogP contribution in [0.5, 0.6) is 0 Å². The summed E-state index contributed by atoms with van der Waals surface area (Å²) >= 11 is 0. The Morgan fingerprint density at radius 3 is 2.77 bits per heavy atom. The van der Waals surface area contributed by atoms with Gasteiger partial charge in [-0.05, 0) is 24.1 Å². The van der Waals surface area contributed by atoms with Crippen LogP contribution in [-0.4, -0.2) is 46.5 Å². The summed E-state index contributed by atoms with van der Waals surface area (Å²) in [5.74, 6) is -1.13. The Kier molecular flexibility index (Phi) is 4.88. The van der Waals surface area contributed by atoms with Crippen molar-refractivity contribution < 1.29 is 22.8 Å². The van der Waals surface area contributed by atoms with Gasteiger partial charge in [0.1, 0.15) is 0 Å². The molecular weight excluding hydrogens is 349 g/mol. The van der Waals surface area contributed by atoms with Crippen molar-refractivity contribution in [2.24, 2.45) is 0 Å². The average molecular weight is 364 g/mol. The lowest BCUT2D eigenvalue weighted by Crippen LogP contribution is -2.42. The molecule has 0 saturated carbocycles. The monoisotopic (exact) mass is 364 g/mol. The summed E-state index contributed by atoms with van der Waals surface area (Å²) in [6.07, 6.45) is -3.13. The van der Waals surface area contributed by atoms with Gasteiger partial charge in [0.2, 0.25) is 0 Å². The zero-order chi connectivity index (χ0) is 18.7. The molecule has 1 N–H and O–H groups in total. The lowest BCUT2D eigenvalue weighted by atomic mass is 9.99. The van der Waals surface area contributed by atoms with Gasteiger partial charge < -0.3 is 10.2 Å². The third kappa shape index (κ3) is 3.66. The fourth-order valence-electron chi connectivity index (χ4n) is 2.80. The molecule has 1 aliphatic rings. The molecular formula is C17H15F3N4O2. The van der Waals surface area contributed by atoms with Gasteiger partial charge in [0.05, 0.1) is 11.8 Å². The second-order valence-corrected chi connectivity index (χ2v) is 5.75. The third-order valence-electron chi connectivity index (χ3n) is 4.09. The highest BCUT2D eigenvalue weighted by molar-refractivity contribution is 5.97. The number of hydrogen-bond donors (Lipinski definition) is 1. The van der Waals surface area contributed by atoms with Crippen molar-refractivity contribution in [1.29, 1.82) is 0 Å². The van der Waals surface area contributed by atoms with E-state index in [4.69, 9.17) is 0 Å². The van der Waals surface area contributed by atoms with Crippen molar-refractivity contribution in [2.45, 2.75) is 12.6 Å². The molecule has 0 bridgehead atoms. The molecule has 9 heteroatoms. The van der Waals surface area contributed by atoms with Crippen LogP contribution < -0.4 is 5.32 Å². The average Bonchev–Trinajstić information content (AvgIpc) is 2.63. The standard InChI is InChI=1S/C17H15F3N4O2/c18-17(19,20)13-5-7-22-23-14(13)15(25)21-8-10-24-9-6-11-3-1-2-4-12(11)16(24)26/h1-5,7H,6,8-10H2,(H,21,25). The molecule has 0 fully saturated rings. The van der Waals surface area contributed by atoms with Crippen molar-refractivity contribution in [3.8, 4) is 0 Å². The molecule has 0 radical (unpaired) electrons. The van der Waals surface area contributed by atoms with Crippen LogP contribution in [0.1, 0.15) is 32.0 Å². The van der Waals surface area contributed by atoms with Crippen LogP contribution >= 0.6 is 0 Å². The van der Waals surface area contributed by atoms with Crippen molar-refractivity contribution in [3.05, 3.63) is 58.9 Å². The number of alkyl halides is 3. The Labute approximate surface area is 147 Å². The highest BCUT2D eigenvalue weighted by atomic mass is 19.4. The Morgan fingerprint density at radius 2 is 2.00 bits per heavy atom. The maximum absolute atomic E-state index is 12.9. The van der Waals surface area contributed by atoms with Gasteiger partial charge in [0.25, 0.3) is 11.8 Å². The van der Waals surface area contributed by atoms with E-state index < -0.39 is 23.3 Å². The van der Waals surface area contributed by atoms with Gasteiger partial charge >= 0.3 is 6.18 Å². The maximum Gasteiger partial charge on any atom is 0.418 e. The van der Waals surface area contributed by atoms with Gasteiger partial charge in [0, 0.05) is 25.2 Å². The molecule has 0 saturated heterocycles. The second kappa shape index (κ2) is 7.11. The molecule has 0 unspecified atom stereocenters. The van der Waals surface area contributed by atoms with Crippen molar-refractivity contribution in [1.82, 2.24) is 20.4 Å². The minimum absolute atomic E-state index is 0.0145. The number of aromatic nitrogens is 2. The van der Waals surface area contributed by atoms with Gasteiger partial charge in [-0.15, -0.1) is 5.10 Å². The molecule has 26 heavy (non-hydrogen) atoms. The maximum atomic E-state index is 12.9. The number of carbonyl (C=O) groups excluding carboxylic acids is 2. The summed E-state index contributed by atoms with van der Waals surface area (Å²) in [5, 5.41) is 9.00. The number of carbonyl (C=O) groups is 2. The molecule has 2 aromatic rings. The first kappa shape index (κ1) is 17.8. The summed E-state index contributed by atoms with van der Waals surface area (Å²) in [4.78, 5) is 26.0. The fourth-order valence-corrected chi connectivity index (χ4v) is 2.80. The number of benzene rings is 1. The van der Waals surface area contributed by atoms with Crippen LogP contribution in [-0.2, 0) is 12.6 Å². The van der Waals surface area contributed by atoms with Crippen LogP contribution in [0.15, 0.2) is 36.5 Å². The Bertz CT molecular complexity index is 839. The molecule has 3 rings (SSSR count). The third-order valence-corrected chi connectivity index (χ3v) is 4.09. The minimum atomic E-state index is -4.70. The number of rotatable bonds is 4. The number of hydrogen-bond acceptors (Lipinski definition) is 4. The zero-order valence-corrected chi connectivity index (χ0v) is 13.6. The largest absolute Gasteiger partial charge is 0.418 e. The highest BCUT2D eigenvalue weighted by Crippen LogP contribution is 2.30. The first-order chi connectivity index (χ1) is 12.4. The minimum Gasteiger partial charge on any atom is -0.349 e. The number of nitrogens with one attached hydrogen (secondary N) is 1. The number of nitrogens with zero attached hydrogens (tertiary/aromatic N) is 3. The summed E-state index contributed by atoms with van der Waals surface area (Å²) < 4.78 is 38.7. The van der Waals surface area contributed by atoms with E-state index in [-0.39, 0.29) is 19.0 Å². The summed E-state index contributed by atoms with van der Waals surface area (Å²) in [5.41, 5.74) is -0.353. The molecule has 0 aliphatic carbocycles. The van der Waals surface area contributed by atoms with E-state index in [9.17, 15) is 22.8 Å². The van der Waals surface area contributed by atoms with E-state index in [2.05, 4.69) is 15.5 Å². The molecule has 1 aromatic carbocycles. The van der Waals surface area contributed by atoms with E-state index in [1.165, 1.54) is 0 Å². The smallest absolute Gasteiger partial charge is 0.349 e. The highest BCUT2D eigenvalue weighted by Gasteiger charge is 2.36. The summed E-state index contributed by atoms with van der Waals surface area (Å²) in [7, 11) is 0. The molecule has 0 atom stereocenters. The topological polar surface area (TPSA) is 75.2 Å². The SMILES string of the molecule is O=C(NCCN1CCc2ccccc2C1=O)c1nnccc1C(F)(F)F. The zero-order valence-electron chi connectivity index (χ0n) is 13.6. The predicted octanol–water partition coefficient (Wildman–Crippen LogP) is 1.92. The first-order valence-electron chi connectivity index (χ1n) is 7.92.